The van der Waals surface area contributed by atoms with Crippen LogP contribution in [0, 0.1) is 0 Å². The van der Waals surface area contributed by atoms with E-state index >= 15 is 0 Å². The number of halogens is 1. The normalized spacial score (nSPS) is 14.0. The summed E-state index contributed by atoms with van der Waals surface area (Å²) in [5, 5.41) is 18.8. The molecule has 0 saturated carbocycles. The highest BCUT2D eigenvalue weighted by Crippen LogP contribution is 2.29. The number of aliphatic carboxylic acids is 2. The Balaban J connectivity index is 0.000000487. The molecule has 0 radical (unpaired) electrons. The maximum Gasteiger partial charge on any atom is 0.414 e. The minimum atomic E-state index is -1.82. The average molecular weight is 385 g/mol. The van der Waals surface area contributed by atoms with Crippen LogP contribution in [0.4, 0.5) is 0 Å². The van der Waals surface area contributed by atoms with E-state index in [2.05, 4.69) is 16.8 Å². The number of para-hydroxylation sites is 1. The third-order valence-electron chi connectivity index (χ3n) is 3.67. The second-order valence-electron chi connectivity index (χ2n) is 5.62. The summed E-state index contributed by atoms with van der Waals surface area (Å²) in [6.45, 7) is 10.0. The zero-order chi connectivity index (χ0) is 19.4. The first kappa shape index (κ1) is 22.0. The van der Waals surface area contributed by atoms with E-state index in [0.717, 1.165) is 56.9 Å². The molecule has 0 atom stereocenters. The number of nitrogens with one attached hydrogen (secondary N) is 1. The Morgan fingerprint density at radius 3 is 2.50 bits per heavy atom. The van der Waals surface area contributed by atoms with Crippen molar-refractivity contribution < 1.29 is 24.5 Å². The zero-order valence-corrected chi connectivity index (χ0v) is 15.4. The van der Waals surface area contributed by atoms with Crippen LogP contribution in [0.2, 0.25) is 5.02 Å². The molecular weight excluding hydrogens is 360 g/mol. The van der Waals surface area contributed by atoms with E-state index in [1.54, 1.807) is 0 Å². The summed E-state index contributed by atoms with van der Waals surface area (Å²) in [5.41, 5.74) is 1.11. The molecule has 1 fully saturated rings. The molecule has 0 amide bonds. The summed E-state index contributed by atoms with van der Waals surface area (Å²) in [4.78, 5) is 20.7. The van der Waals surface area contributed by atoms with Gasteiger partial charge in [-0.15, -0.1) is 6.58 Å². The van der Waals surface area contributed by atoms with Gasteiger partial charge < -0.3 is 25.2 Å². The molecule has 0 unspecified atom stereocenters. The number of piperazine rings is 1. The Hall–Kier alpha value is -2.09. The summed E-state index contributed by atoms with van der Waals surface area (Å²) in [7, 11) is 0. The molecule has 26 heavy (non-hydrogen) atoms. The number of carboxylic acid groups (broad SMARTS) is 2. The van der Waals surface area contributed by atoms with E-state index in [-0.39, 0.29) is 0 Å². The van der Waals surface area contributed by atoms with Crippen molar-refractivity contribution in [1.29, 1.82) is 0 Å². The lowest BCUT2D eigenvalue weighted by molar-refractivity contribution is -0.159. The Morgan fingerprint density at radius 1 is 1.27 bits per heavy atom. The van der Waals surface area contributed by atoms with Crippen LogP contribution in [0.25, 0.3) is 0 Å². The first-order valence-corrected chi connectivity index (χ1v) is 8.74. The number of allylic oxidation sites excluding steroid dienone is 1. The Kier molecular flexibility index (Phi) is 10.4. The molecule has 2 rings (SSSR count). The van der Waals surface area contributed by atoms with Gasteiger partial charge in [-0.1, -0.05) is 29.8 Å². The van der Waals surface area contributed by atoms with Crippen molar-refractivity contribution in [3.63, 3.8) is 0 Å². The van der Waals surface area contributed by atoms with Crippen LogP contribution in [-0.4, -0.2) is 66.4 Å². The predicted molar refractivity (Wildman–Crippen MR) is 100 cm³/mol. The van der Waals surface area contributed by atoms with E-state index in [9.17, 15) is 0 Å². The molecule has 7 nitrogen and oxygen atoms in total. The average Bonchev–Trinajstić information content (AvgIpc) is 2.62. The number of benzene rings is 1. The van der Waals surface area contributed by atoms with Gasteiger partial charge in [-0.3, -0.25) is 0 Å². The quantitative estimate of drug-likeness (QED) is 0.375. The topological polar surface area (TPSA) is 99.1 Å². The van der Waals surface area contributed by atoms with Crippen molar-refractivity contribution >= 4 is 23.5 Å². The summed E-state index contributed by atoms with van der Waals surface area (Å²) < 4.78 is 5.89. The molecular formula is C18H25ClN2O5. The minimum absolute atomic E-state index is 0.687. The highest BCUT2D eigenvalue weighted by atomic mass is 35.5. The summed E-state index contributed by atoms with van der Waals surface area (Å²) in [6, 6.07) is 5.87. The molecule has 1 saturated heterocycles. The molecule has 1 aromatic carbocycles. The third-order valence-corrected chi connectivity index (χ3v) is 3.97. The first-order chi connectivity index (χ1) is 12.5. The minimum Gasteiger partial charge on any atom is -0.492 e. The lowest BCUT2D eigenvalue weighted by atomic mass is 10.1. The van der Waals surface area contributed by atoms with Gasteiger partial charge in [-0.25, -0.2) is 9.59 Å². The lowest BCUT2D eigenvalue weighted by Crippen LogP contribution is -2.43. The number of rotatable bonds is 7. The summed E-state index contributed by atoms with van der Waals surface area (Å²) >= 11 is 6.21. The van der Waals surface area contributed by atoms with E-state index < -0.39 is 11.9 Å². The first-order valence-electron chi connectivity index (χ1n) is 8.36. The van der Waals surface area contributed by atoms with E-state index in [0.29, 0.717) is 11.6 Å². The molecule has 0 aliphatic carbocycles. The highest BCUT2D eigenvalue weighted by Gasteiger charge is 2.10. The van der Waals surface area contributed by atoms with Crippen molar-refractivity contribution in [2.75, 3.05) is 39.3 Å². The molecule has 144 valence electrons. The van der Waals surface area contributed by atoms with Gasteiger partial charge in [-0.05, 0) is 24.5 Å². The zero-order valence-electron chi connectivity index (χ0n) is 14.6. The molecule has 8 heteroatoms. The number of nitrogens with zero attached hydrogens (tertiary/aromatic N) is 1. The predicted octanol–water partition coefficient (Wildman–Crippen LogP) is 1.90. The second-order valence-corrected chi connectivity index (χ2v) is 6.03. The fraction of sp³-hybridized carbons (Fsp3) is 0.444. The van der Waals surface area contributed by atoms with Crippen molar-refractivity contribution in [2.45, 2.75) is 12.8 Å². The van der Waals surface area contributed by atoms with Crippen molar-refractivity contribution in [3.05, 3.63) is 41.4 Å². The van der Waals surface area contributed by atoms with Gasteiger partial charge in [0.15, 0.2) is 0 Å². The maximum atomic E-state index is 9.10. The molecule has 1 aliphatic heterocycles. The second kappa shape index (κ2) is 12.3. The van der Waals surface area contributed by atoms with Crippen LogP contribution < -0.4 is 10.1 Å². The van der Waals surface area contributed by atoms with E-state index in [1.165, 1.54) is 0 Å². The number of carboxylic acids is 2. The molecule has 0 bridgehead atoms. The van der Waals surface area contributed by atoms with Crippen LogP contribution in [-0.2, 0) is 16.0 Å². The van der Waals surface area contributed by atoms with Gasteiger partial charge in [0.25, 0.3) is 0 Å². The molecule has 1 heterocycles. The van der Waals surface area contributed by atoms with Gasteiger partial charge in [0.05, 0.1) is 11.6 Å². The Morgan fingerprint density at radius 2 is 1.92 bits per heavy atom. The Bertz CT molecular complexity index is 591. The Labute approximate surface area is 158 Å². The van der Waals surface area contributed by atoms with Crippen LogP contribution in [0.1, 0.15) is 12.0 Å². The van der Waals surface area contributed by atoms with E-state index in [4.69, 9.17) is 36.1 Å². The standard InChI is InChI=1S/C16H23ClN2O.C2H2O4/c1-2-5-14-6-3-7-15(17)16(14)20-13-4-10-19-11-8-18-9-12-19;3-1(4)2(5)6/h2-3,6-7,18H,1,4-5,8-13H2;(H,3,4)(H,5,6). The van der Waals surface area contributed by atoms with Gasteiger partial charge >= 0.3 is 11.9 Å². The van der Waals surface area contributed by atoms with Crippen LogP contribution in [0.5, 0.6) is 5.75 Å². The number of carbonyl (C=O) groups is 2. The van der Waals surface area contributed by atoms with Gasteiger partial charge in [0, 0.05) is 32.7 Å². The molecule has 0 spiro atoms. The fourth-order valence-electron chi connectivity index (χ4n) is 2.43. The molecule has 1 aliphatic rings. The molecule has 0 aromatic heterocycles. The third kappa shape index (κ3) is 8.33. The molecule has 3 N–H and O–H groups in total. The lowest BCUT2D eigenvalue weighted by Gasteiger charge is -2.27. The number of ether oxygens (including phenoxy) is 1. The largest absolute Gasteiger partial charge is 0.492 e. The highest BCUT2D eigenvalue weighted by molar-refractivity contribution is 6.32. The number of hydrogen-bond acceptors (Lipinski definition) is 5. The fourth-order valence-corrected chi connectivity index (χ4v) is 2.68. The van der Waals surface area contributed by atoms with Crippen LogP contribution in [0.15, 0.2) is 30.9 Å². The SMILES string of the molecule is C=CCc1cccc(Cl)c1OCCCN1CCNCC1.O=C(O)C(=O)O. The summed E-state index contributed by atoms with van der Waals surface area (Å²) in [6.07, 6.45) is 3.69. The monoisotopic (exact) mass is 384 g/mol. The van der Waals surface area contributed by atoms with Gasteiger partial charge in [0.2, 0.25) is 0 Å². The maximum absolute atomic E-state index is 9.10. The smallest absolute Gasteiger partial charge is 0.414 e. The number of hydrogen-bond donors (Lipinski definition) is 3. The van der Waals surface area contributed by atoms with E-state index in [1.807, 2.05) is 24.3 Å². The van der Waals surface area contributed by atoms with Crippen molar-refractivity contribution in [2.24, 2.45) is 0 Å². The van der Waals surface area contributed by atoms with Crippen LogP contribution >= 0.6 is 11.6 Å². The molecule has 1 aromatic rings. The van der Waals surface area contributed by atoms with Crippen LogP contribution in [0.3, 0.4) is 0 Å². The summed E-state index contributed by atoms with van der Waals surface area (Å²) in [5.74, 6) is -2.83. The van der Waals surface area contributed by atoms with Gasteiger partial charge in [-0.2, -0.15) is 0 Å². The van der Waals surface area contributed by atoms with Gasteiger partial charge in [0.1, 0.15) is 5.75 Å². The van der Waals surface area contributed by atoms with Crippen molar-refractivity contribution in [3.8, 4) is 5.75 Å². The van der Waals surface area contributed by atoms with Crippen molar-refractivity contribution in [1.82, 2.24) is 10.2 Å².